The molecule has 2 rings (SSSR count). The molecule has 106 valence electrons. The lowest BCUT2D eigenvalue weighted by molar-refractivity contribution is 0.0744. The van der Waals surface area contributed by atoms with E-state index in [2.05, 4.69) is 18.4 Å². The maximum Gasteiger partial charge on any atom is 0.253 e. The molecule has 2 N–H and O–H groups in total. The number of hydrogen-bond acceptors (Lipinski definition) is 3. The van der Waals surface area contributed by atoms with Gasteiger partial charge in [-0.2, -0.15) is 0 Å². The van der Waals surface area contributed by atoms with E-state index in [4.69, 9.17) is 5.73 Å². The van der Waals surface area contributed by atoms with Crippen LogP contribution in [0.1, 0.15) is 27.7 Å². The highest BCUT2D eigenvalue weighted by molar-refractivity contribution is 7.09. The maximum absolute atomic E-state index is 12.5. The lowest BCUT2D eigenvalue weighted by atomic mass is 10.1. The molecular weight excluding hydrogens is 268 g/mol. The van der Waals surface area contributed by atoms with Gasteiger partial charge in [0.05, 0.1) is 0 Å². The number of nitrogens with two attached hydrogens (primary N) is 1. The fourth-order valence-corrected chi connectivity index (χ4v) is 3.02. The van der Waals surface area contributed by atoms with E-state index in [0.29, 0.717) is 11.3 Å². The molecule has 1 unspecified atom stereocenters. The first-order valence-electron chi connectivity index (χ1n) is 6.64. The van der Waals surface area contributed by atoms with Crippen LogP contribution in [0.2, 0.25) is 0 Å². The second-order valence-electron chi connectivity index (χ2n) is 5.18. The van der Waals surface area contributed by atoms with Gasteiger partial charge in [0.15, 0.2) is 0 Å². The number of rotatable bonds is 4. The molecule has 0 aliphatic carbocycles. The number of carbonyl (C=O) groups is 1. The average molecular weight is 288 g/mol. The van der Waals surface area contributed by atoms with Crippen molar-refractivity contribution in [3.8, 4) is 0 Å². The molecule has 1 atom stereocenters. The van der Waals surface area contributed by atoms with Gasteiger partial charge < -0.3 is 10.6 Å². The highest BCUT2D eigenvalue weighted by Gasteiger charge is 2.18. The van der Waals surface area contributed by atoms with Crippen molar-refractivity contribution in [2.24, 2.45) is 0 Å². The van der Waals surface area contributed by atoms with Crippen LogP contribution >= 0.6 is 11.3 Å². The molecule has 20 heavy (non-hydrogen) atoms. The lowest BCUT2D eigenvalue weighted by Crippen LogP contribution is -2.36. The lowest BCUT2D eigenvalue weighted by Gasteiger charge is -2.25. The Hall–Kier alpha value is -1.81. The van der Waals surface area contributed by atoms with E-state index < -0.39 is 0 Å². The first kappa shape index (κ1) is 14.6. The van der Waals surface area contributed by atoms with Crippen molar-refractivity contribution >= 4 is 22.9 Å². The van der Waals surface area contributed by atoms with Crippen molar-refractivity contribution in [1.82, 2.24) is 4.90 Å². The molecule has 1 heterocycles. The second-order valence-corrected chi connectivity index (χ2v) is 6.21. The highest BCUT2D eigenvalue weighted by atomic mass is 32.1. The average Bonchev–Trinajstić information content (AvgIpc) is 2.88. The highest BCUT2D eigenvalue weighted by Crippen LogP contribution is 2.17. The molecule has 0 saturated heterocycles. The van der Waals surface area contributed by atoms with Gasteiger partial charge in [-0.25, -0.2) is 0 Å². The third-order valence-corrected chi connectivity index (χ3v) is 4.30. The van der Waals surface area contributed by atoms with Crippen molar-refractivity contribution < 1.29 is 4.79 Å². The summed E-state index contributed by atoms with van der Waals surface area (Å²) in [5.41, 5.74) is 8.11. The zero-order valence-corrected chi connectivity index (χ0v) is 12.9. The number of benzene rings is 1. The normalized spacial score (nSPS) is 12.2. The van der Waals surface area contributed by atoms with E-state index >= 15 is 0 Å². The SMILES string of the molecule is Cc1cc(N)cc(C(=O)N(C)C(C)Cc2cccs2)c1. The van der Waals surface area contributed by atoms with Crippen LogP contribution in [0.25, 0.3) is 0 Å². The number of amides is 1. The third kappa shape index (κ3) is 3.39. The minimum Gasteiger partial charge on any atom is -0.399 e. The molecule has 0 saturated carbocycles. The van der Waals surface area contributed by atoms with Crippen LogP contribution in [0.3, 0.4) is 0 Å². The minimum absolute atomic E-state index is 0.0180. The van der Waals surface area contributed by atoms with E-state index in [1.165, 1.54) is 4.88 Å². The zero-order valence-electron chi connectivity index (χ0n) is 12.1. The Bertz CT molecular complexity index is 572. The number of hydrogen-bond donors (Lipinski definition) is 1. The number of nitrogen functional groups attached to an aromatic ring is 1. The Labute approximate surface area is 124 Å². The van der Waals surface area contributed by atoms with Gasteiger partial charge in [0.1, 0.15) is 0 Å². The molecule has 2 aromatic rings. The van der Waals surface area contributed by atoms with Crippen molar-refractivity contribution in [3.63, 3.8) is 0 Å². The van der Waals surface area contributed by atoms with Crippen LogP contribution in [-0.2, 0) is 6.42 Å². The van der Waals surface area contributed by atoms with Crippen LogP contribution < -0.4 is 5.73 Å². The molecule has 0 aliphatic heterocycles. The summed E-state index contributed by atoms with van der Waals surface area (Å²) in [7, 11) is 1.85. The summed E-state index contributed by atoms with van der Waals surface area (Å²) >= 11 is 1.72. The number of thiophene rings is 1. The summed E-state index contributed by atoms with van der Waals surface area (Å²) < 4.78 is 0. The predicted molar refractivity (Wildman–Crippen MR) is 85.2 cm³/mol. The summed E-state index contributed by atoms with van der Waals surface area (Å²) in [6, 6.07) is 9.78. The van der Waals surface area contributed by atoms with Crippen molar-refractivity contribution in [3.05, 3.63) is 51.7 Å². The van der Waals surface area contributed by atoms with Gasteiger partial charge in [-0.3, -0.25) is 4.79 Å². The number of nitrogens with zero attached hydrogens (tertiary/aromatic N) is 1. The Morgan fingerprint density at radius 3 is 2.75 bits per heavy atom. The summed E-state index contributed by atoms with van der Waals surface area (Å²) in [5.74, 6) is 0.0180. The van der Waals surface area contributed by atoms with E-state index in [1.54, 1.807) is 22.3 Å². The Balaban J connectivity index is 2.11. The molecule has 1 aromatic carbocycles. The van der Waals surface area contributed by atoms with Crippen molar-refractivity contribution in [2.75, 3.05) is 12.8 Å². The summed E-state index contributed by atoms with van der Waals surface area (Å²) in [4.78, 5) is 15.6. The number of aryl methyl sites for hydroxylation is 1. The smallest absolute Gasteiger partial charge is 0.253 e. The van der Waals surface area contributed by atoms with Crippen molar-refractivity contribution in [2.45, 2.75) is 26.3 Å². The molecular formula is C16H20N2OS. The summed E-state index contributed by atoms with van der Waals surface area (Å²) in [6.07, 6.45) is 0.876. The molecule has 0 aliphatic rings. The van der Waals surface area contributed by atoms with Gasteiger partial charge >= 0.3 is 0 Å². The van der Waals surface area contributed by atoms with E-state index in [9.17, 15) is 4.79 Å². The summed E-state index contributed by atoms with van der Waals surface area (Å²) in [5, 5.41) is 2.06. The van der Waals surface area contributed by atoms with Crippen molar-refractivity contribution in [1.29, 1.82) is 0 Å². The zero-order chi connectivity index (χ0) is 14.7. The second kappa shape index (κ2) is 6.09. The number of carbonyl (C=O) groups excluding carboxylic acids is 1. The van der Waals surface area contributed by atoms with Crippen LogP contribution in [0.15, 0.2) is 35.7 Å². The van der Waals surface area contributed by atoms with Gasteiger partial charge in [0.2, 0.25) is 0 Å². The van der Waals surface area contributed by atoms with E-state index in [1.807, 2.05) is 32.2 Å². The predicted octanol–water partition coefficient (Wildman–Crippen LogP) is 3.34. The van der Waals surface area contributed by atoms with Crippen LogP contribution in [0, 0.1) is 6.92 Å². The first-order valence-corrected chi connectivity index (χ1v) is 7.52. The molecule has 0 bridgehead atoms. The van der Waals surface area contributed by atoms with E-state index in [0.717, 1.165) is 12.0 Å². The van der Waals surface area contributed by atoms with E-state index in [-0.39, 0.29) is 11.9 Å². The van der Waals surface area contributed by atoms with Crippen LogP contribution in [-0.4, -0.2) is 23.9 Å². The van der Waals surface area contributed by atoms with Gasteiger partial charge in [-0.15, -0.1) is 11.3 Å². The fourth-order valence-electron chi connectivity index (χ4n) is 2.20. The van der Waals surface area contributed by atoms with Gasteiger partial charge in [-0.05, 0) is 49.1 Å². The molecule has 3 nitrogen and oxygen atoms in total. The molecule has 0 fully saturated rings. The van der Waals surface area contributed by atoms with Crippen LogP contribution in [0.5, 0.6) is 0 Å². The van der Waals surface area contributed by atoms with Crippen LogP contribution in [0.4, 0.5) is 5.69 Å². The molecule has 0 radical (unpaired) electrons. The molecule has 4 heteroatoms. The van der Waals surface area contributed by atoms with Gasteiger partial charge in [0, 0.05) is 35.6 Å². The molecule has 0 spiro atoms. The van der Waals surface area contributed by atoms with Gasteiger partial charge in [-0.1, -0.05) is 6.07 Å². The Morgan fingerprint density at radius 1 is 1.40 bits per heavy atom. The quantitative estimate of drug-likeness (QED) is 0.877. The third-order valence-electron chi connectivity index (χ3n) is 3.40. The Kier molecular flexibility index (Phi) is 4.45. The fraction of sp³-hybridized carbons (Fsp3) is 0.312. The van der Waals surface area contributed by atoms with Gasteiger partial charge in [0.25, 0.3) is 5.91 Å². The maximum atomic E-state index is 12.5. The largest absolute Gasteiger partial charge is 0.399 e. The number of anilines is 1. The number of likely N-dealkylation sites (N-methyl/N-ethyl adjacent to an activating group) is 1. The molecule has 1 amide bonds. The topological polar surface area (TPSA) is 46.3 Å². The Morgan fingerprint density at radius 2 is 2.15 bits per heavy atom. The minimum atomic E-state index is 0.0180. The first-order chi connectivity index (χ1) is 9.47. The molecule has 1 aromatic heterocycles. The summed E-state index contributed by atoms with van der Waals surface area (Å²) in [6.45, 7) is 4.01. The standard InChI is InChI=1S/C16H20N2OS/c1-11-7-13(10-14(17)8-11)16(19)18(3)12(2)9-15-5-4-6-20-15/h4-8,10,12H,9,17H2,1-3H3. The monoisotopic (exact) mass is 288 g/mol.